The molecule has 0 aromatic heterocycles. The molecule has 0 heterocycles. The molecule has 0 fully saturated rings. The number of nitrogens with zero attached hydrogens (tertiary/aromatic N) is 1. The predicted molar refractivity (Wildman–Crippen MR) is 89.2 cm³/mol. The summed E-state index contributed by atoms with van der Waals surface area (Å²) in [5.74, 6) is -0.588. The molecule has 24 heavy (non-hydrogen) atoms. The average molecular weight is 333 g/mol. The standard InChI is InChI=1S/C18H23NO5/c1-14(2)9-10-16(17(21)23-3)19(11-12-20)18(22)24-13-15-7-5-4-6-8-15/h4-8,12,16H,1,9-11,13H2,2-3H3/t16-/m0/s1. The van der Waals surface area contributed by atoms with Crippen LogP contribution in [0.5, 0.6) is 0 Å². The van der Waals surface area contributed by atoms with Crippen molar-refractivity contribution < 1.29 is 23.9 Å². The summed E-state index contributed by atoms with van der Waals surface area (Å²) < 4.78 is 9.97. The molecule has 130 valence electrons. The van der Waals surface area contributed by atoms with E-state index < -0.39 is 18.1 Å². The molecule has 0 saturated carbocycles. The van der Waals surface area contributed by atoms with Gasteiger partial charge in [-0.3, -0.25) is 4.90 Å². The Kier molecular flexibility index (Phi) is 8.25. The van der Waals surface area contributed by atoms with Crippen LogP contribution in [0.25, 0.3) is 0 Å². The number of benzene rings is 1. The average Bonchev–Trinajstić information content (AvgIpc) is 2.59. The predicted octanol–water partition coefficient (Wildman–Crippen LogP) is 2.72. The van der Waals surface area contributed by atoms with Gasteiger partial charge in [-0.05, 0) is 25.3 Å². The number of aldehydes is 1. The van der Waals surface area contributed by atoms with Crippen molar-refractivity contribution in [2.24, 2.45) is 0 Å². The number of amides is 1. The fourth-order valence-corrected chi connectivity index (χ4v) is 2.13. The fourth-order valence-electron chi connectivity index (χ4n) is 2.13. The molecule has 1 aromatic carbocycles. The van der Waals surface area contributed by atoms with Crippen molar-refractivity contribution >= 4 is 18.3 Å². The van der Waals surface area contributed by atoms with Crippen LogP contribution in [0.15, 0.2) is 42.5 Å². The van der Waals surface area contributed by atoms with Gasteiger partial charge < -0.3 is 14.3 Å². The minimum atomic E-state index is -0.889. The first-order valence-electron chi connectivity index (χ1n) is 7.62. The van der Waals surface area contributed by atoms with Crippen LogP contribution in [0.3, 0.4) is 0 Å². The Labute approximate surface area is 142 Å². The normalized spacial score (nSPS) is 11.2. The van der Waals surface area contributed by atoms with Gasteiger partial charge in [-0.2, -0.15) is 0 Å². The molecule has 0 aliphatic carbocycles. The molecule has 0 aliphatic rings. The van der Waals surface area contributed by atoms with Gasteiger partial charge in [-0.15, -0.1) is 6.58 Å². The van der Waals surface area contributed by atoms with Crippen molar-refractivity contribution in [2.75, 3.05) is 13.7 Å². The van der Waals surface area contributed by atoms with Crippen molar-refractivity contribution in [3.63, 3.8) is 0 Å². The summed E-state index contributed by atoms with van der Waals surface area (Å²) in [6.07, 6.45) is 0.667. The topological polar surface area (TPSA) is 72.9 Å². The van der Waals surface area contributed by atoms with Crippen LogP contribution < -0.4 is 0 Å². The first-order chi connectivity index (χ1) is 11.5. The zero-order valence-electron chi connectivity index (χ0n) is 14.1. The molecule has 0 bridgehead atoms. The SMILES string of the molecule is C=C(C)CC[C@@H](C(=O)OC)N(CC=O)C(=O)OCc1ccccc1. The number of methoxy groups -OCH3 is 1. The molecule has 0 unspecified atom stereocenters. The molecule has 0 spiro atoms. The lowest BCUT2D eigenvalue weighted by molar-refractivity contribution is -0.146. The summed E-state index contributed by atoms with van der Waals surface area (Å²) >= 11 is 0. The first kappa shape index (κ1) is 19.4. The van der Waals surface area contributed by atoms with Crippen LogP contribution in [0.1, 0.15) is 25.3 Å². The van der Waals surface area contributed by atoms with Crippen molar-refractivity contribution in [3.8, 4) is 0 Å². The van der Waals surface area contributed by atoms with E-state index in [-0.39, 0.29) is 13.2 Å². The van der Waals surface area contributed by atoms with Crippen LogP contribution in [-0.2, 0) is 25.7 Å². The molecule has 1 amide bonds. The van der Waals surface area contributed by atoms with Crippen LogP contribution in [0.2, 0.25) is 0 Å². The molecule has 6 heteroatoms. The fraction of sp³-hybridized carbons (Fsp3) is 0.389. The second kappa shape index (κ2) is 10.2. The highest BCUT2D eigenvalue weighted by molar-refractivity contribution is 5.82. The Balaban J connectivity index is 2.82. The van der Waals surface area contributed by atoms with E-state index in [1.807, 2.05) is 37.3 Å². The van der Waals surface area contributed by atoms with Gasteiger partial charge in [-0.1, -0.05) is 35.9 Å². The second-order valence-electron chi connectivity index (χ2n) is 5.39. The summed E-state index contributed by atoms with van der Waals surface area (Å²) in [4.78, 5) is 36.3. The number of ether oxygens (including phenoxy) is 2. The highest BCUT2D eigenvalue weighted by atomic mass is 16.6. The minimum absolute atomic E-state index is 0.0589. The number of carbonyl (C=O) groups excluding carboxylic acids is 3. The molecule has 0 aliphatic heterocycles. The maximum absolute atomic E-state index is 12.3. The van der Waals surface area contributed by atoms with E-state index in [9.17, 15) is 14.4 Å². The minimum Gasteiger partial charge on any atom is -0.467 e. The molecular formula is C18H23NO5. The van der Waals surface area contributed by atoms with Gasteiger partial charge in [0.15, 0.2) is 0 Å². The molecular weight excluding hydrogens is 310 g/mol. The zero-order chi connectivity index (χ0) is 17.9. The summed E-state index contributed by atoms with van der Waals surface area (Å²) in [6, 6.07) is 8.26. The lowest BCUT2D eigenvalue weighted by Crippen LogP contribution is -2.46. The van der Waals surface area contributed by atoms with E-state index in [1.54, 1.807) is 0 Å². The molecule has 0 radical (unpaired) electrons. The van der Waals surface area contributed by atoms with Gasteiger partial charge in [0.25, 0.3) is 0 Å². The summed E-state index contributed by atoms with van der Waals surface area (Å²) in [5, 5.41) is 0. The monoisotopic (exact) mass is 333 g/mol. The number of rotatable bonds is 9. The number of esters is 1. The van der Waals surface area contributed by atoms with Gasteiger partial charge in [-0.25, -0.2) is 9.59 Å². The third-order valence-electron chi connectivity index (χ3n) is 3.40. The number of carbonyl (C=O) groups is 3. The Morgan fingerprint density at radius 1 is 1.29 bits per heavy atom. The molecule has 0 N–H and O–H groups in total. The third kappa shape index (κ3) is 6.24. The van der Waals surface area contributed by atoms with Gasteiger partial charge in [0.05, 0.1) is 13.7 Å². The summed E-state index contributed by atoms with van der Waals surface area (Å²) in [6.45, 7) is 5.42. The molecule has 6 nitrogen and oxygen atoms in total. The Bertz CT molecular complexity index is 570. The van der Waals surface area contributed by atoms with Gasteiger partial charge in [0.2, 0.25) is 0 Å². The highest BCUT2D eigenvalue weighted by Gasteiger charge is 2.31. The molecule has 1 rings (SSSR count). The highest BCUT2D eigenvalue weighted by Crippen LogP contribution is 2.14. The van der Waals surface area contributed by atoms with E-state index in [0.29, 0.717) is 19.1 Å². The Morgan fingerprint density at radius 3 is 2.50 bits per heavy atom. The first-order valence-corrected chi connectivity index (χ1v) is 7.62. The maximum atomic E-state index is 12.3. The summed E-state index contributed by atoms with van der Waals surface area (Å²) in [5.41, 5.74) is 1.68. The van der Waals surface area contributed by atoms with Crippen molar-refractivity contribution in [1.82, 2.24) is 4.90 Å². The second-order valence-corrected chi connectivity index (χ2v) is 5.39. The molecule has 0 saturated heterocycles. The zero-order valence-corrected chi connectivity index (χ0v) is 14.1. The van der Waals surface area contributed by atoms with Crippen molar-refractivity contribution in [3.05, 3.63) is 48.0 Å². The third-order valence-corrected chi connectivity index (χ3v) is 3.40. The van der Waals surface area contributed by atoms with Crippen LogP contribution in [0, 0.1) is 0 Å². The van der Waals surface area contributed by atoms with Crippen LogP contribution >= 0.6 is 0 Å². The lowest BCUT2D eigenvalue weighted by Gasteiger charge is -2.27. The number of hydrogen-bond acceptors (Lipinski definition) is 5. The van der Waals surface area contributed by atoms with E-state index in [1.165, 1.54) is 7.11 Å². The number of allylic oxidation sites excluding steroid dienone is 1. The largest absolute Gasteiger partial charge is 0.467 e. The molecule has 1 aromatic rings. The van der Waals surface area contributed by atoms with E-state index >= 15 is 0 Å². The van der Waals surface area contributed by atoms with Gasteiger partial charge in [0, 0.05) is 0 Å². The van der Waals surface area contributed by atoms with Crippen molar-refractivity contribution in [2.45, 2.75) is 32.4 Å². The quantitative estimate of drug-likeness (QED) is 0.395. The van der Waals surface area contributed by atoms with Gasteiger partial charge in [0.1, 0.15) is 18.9 Å². The maximum Gasteiger partial charge on any atom is 0.411 e. The number of hydrogen-bond donors (Lipinski definition) is 0. The van der Waals surface area contributed by atoms with E-state index in [2.05, 4.69) is 6.58 Å². The Hall–Kier alpha value is -2.63. The van der Waals surface area contributed by atoms with Crippen LogP contribution in [-0.4, -0.2) is 42.9 Å². The van der Waals surface area contributed by atoms with Gasteiger partial charge >= 0.3 is 12.1 Å². The van der Waals surface area contributed by atoms with Crippen LogP contribution in [0.4, 0.5) is 4.79 Å². The van der Waals surface area contributed by atoms with E-state index in [4.69, 9.17) is 9.47 Å². The Morgan fingerprint density at radius 2 is 1.96 bits per heavy atom. The van der Waals surface area contributed by atoms with E-state index in [0.717, 1.165) is 16.0 Å². The molecule has 1 atom stereocenters. The summed E-state index contributed by atoms with van der Waals surface area (Å²) in [7, 11) is 1.24. The lowest BCUT2D eigenvalue weighted by atomic mass is 10.1. The smallest absolute Gasteiger partial charge is 0.411 e. The van der Waals surface area contributed by atoms with Crippen molar-refractivity contribution in [1.29, 1.82) is 0 Å².